The fraction of sp³-hybridized carbons (Fsp3) is 0.320. The molecule has 0 radical (unpaired) electrons. The standard InChI is InChI=1S/C25H23Cl2NO3/c26-20-8-6-17(13-21(20)27)23(30)15-28-11-9-25(10-12-28)14-22(29)19-7-5-16-3-1-2-4-18(16)24(19)31-25/h1-8,13,23,30H,9-12,14-15H2. The lowest BCUT2D eigenvalue weighted by Gasteiger charge is -2.44. The van der Waals surface area contributed by atoms with Gasteiger partial charge in [-0.2, -0.15) is 0 Å². The maximum atomic E-state index is 12.9. The molecule has 3 aromatic carbocycles. The third kappa shape index (κ3) is 3.94. The van der Waals surface area contributed by atoms with Crippen molar-refractivity contribution in [1.29, 1.82) is 0 Å². The first-order chi connectivity index (χ1) is 14.9. The van der Waals surface area contributed by atoms with Crippen LogP contribution in [0, 0.1) is 0 Å². The Morgan fingerprint density at radius 1 is 1.03 bits per heavy atom. The highest BCUT2D eigenvalue weighted by Gasteiger charge is 2.43. The van der Waals surface area contributed by atoms with Crippen LogP contribution in [-0.4, -0.2) is 41.0 Å². The van der Waals surface area contributed by atoms with Crippen LogP contribution < -0.4 is 4.74 Å². The largest absolute Gasteiger partial charge is 0.485 e. The Hall–Kier alpha value is -2.11. The smallest absolute Gasteiger partial charge is 0.170 e. The van der Waals surface area contributed by atoms with Gasteiger partial charge in [0.15, 0.2) is 5.78 Å². The number of aliphatic hydroxyl groups is 1. The first-order valence-electron chi connectivity index (χ1n) is 10.5. The number of carbonyl (C=O) groups excluding carboxylic acids is 1. The van der Waals surface area contributed by atoms with Crippen molar-refractivity contribution in [1.82, 2.24) is 4.90 Å². The van der Waals surface area contributed by atoms with E-state index in [0.29, 0.717) is 28.6 Å². The summed E-state index contributed by atoms with van der Waals surface area (Å²) in [5.41, 5.74) is 0.958. The molecule has 31 heavy (non-hydrogen) atoms. The van der Waals surface area contributed by atoms with Crippen molar-refractivity contribution < 1.29 is 14.6 Å². The second-order valence-electron chi connectivity index (χ2n) is 8.54. The van der Waals surface area contributed by atoms with Crippen LogP contribution in [0.3, 0.4) is 0 Å². The first kappa shape index (κ1) is 20.8. The maximum absolute atomic E-state index is 12.9. The Morgan fingerprint density at radius 2 is 1.81 bits per heavy atom. The van der Waals surface area contributed by atoms with E-state index in [1.807, 2.05) is 36.4 Å². The monoisotopic (exact) mass is 455 g/mol. The highest BCUT2D eigenvalue weighted by Crippen LogP contribution is 2.43. The zero-order valence-electron chi connectivity index (χ0n) is 17.0. The molecule has 0 bridgehead atoms. The Labute approximate surface area is 191 Å². The van der Waals surface area contributed by atoms with Crippen LogP contribution >= 0.6 is 23.2 Å². The quantitative estimate of drug-likeness (QED) is 0.551. The van der Waals surface area contributed by atoms with Crippen molar-refractivity contribution in [2.75, 3.05) is 19.6 Å². The SMILES string of the molecule is O=C1CC2(CCN(CC(O)c3ccc(Cl)c(Cl)c3)CC2)Oc2c1ccc1ccccc21. The summed E-state index contributed by atoms with van der Waals surface area (Å²) >= 11 is 12.1. The van der Waals surface area contributed by atoms with Crippen molar-refractivity contribution in [2.45, 2.75) is 31.0 Å². The number of Topliss-reactive ketones (excluding diaryl/α,β-unsaturated/α-hetero) is 1. The number of rotatable bonds is 3. The molecule has 0 saturated carbocycles. The summed E-state index contributed by atoms with van der Waals surface area (Å²) < 4.78 is 6.57. The molecule has 1 unspecified atom stereocenters. The van der Waals surface area contributed by atoms with Crippen LogP contribution in [0.25, 0.3) is 10.8 Å². The molecule has 0 amide bonds. The number of carbonyl (C=O) groups is 1. The van der Waals surface area contributed by atoms with Crippen molar-refractivity contribution in [3.8, 4) is 5.75 Å². The predicted octanol–water partition coefficient (Wildman–Crippen LogP) is 5.68. The van der Waals surface area contributed by atoms with E-state index in [0.717, 1.165) is 48.0 Å². The molecule has 1 spiro atoms. The molecule has 2 aliphatic heterocycles. The minimum atomic E-state index is -0.651. The number of ether oxygens (including phenoxy) is 1. The fourth-order valence-electron chi connectivity index (χ4n) is 4.70. The molecule has 4 nitrogen and oxygen atoms in total. The number of likely N-dealkylation sites (tertiary alicyclic amines) is 1. The summed E-state index contributed by atoms with van der Waals surface area (Å²) in [6.45, 7) is 2.01. The molecule has 1 saturated heterocycles. The van der Waals surface area contributed by atoms with Crippen LogP contribution in [0.1, 0.15) is 41.3 Å². The second kappa shape index (κ2) is 8.10. The van der Waals surface area contributed by atoms with Crippen molar-refractivity contribution in [3.05, 3.63) is 75.8 Å². The third-order valence-corrected chi connectivity index (χ3v) is 7.25. The molecular weight excluding hydrogens is 433 g/mol. The van der Waals surface area contributed by atoms with E-state index < -0.39 is 11.7 Å². The van der Waals surface area contributed by atoms with Gasteiger partial charge in [-0.3, -0.25) is 4.79 Å². The molecule has 0 aromatic heterocycles. The Morgan fingerprint density at radius 3 is 2.58 bits per heavy atom. The summed E-state index contributed by atoms with van der Waals surface area (Å²) in [6.07, 6.45) is 1.24. The molecule has 1 atom stereocenters. The van der Waals surface area contributed by atoms with E-state index in [1.165, 1.54) is 0 Å². The normalized spacial score (nSPS) is 19.3. The van der Waals surface area contributed by atoms with Gasteiger partial charge in [-0.1, -0.05) is 59.6 Å². The molecule has 1 N–H and O–H groups in total. The number of halogens is 2. The number of ketones is 1. The van der Waals surface area contributed by atoms with E-state index >= 15 is 0 Å². The lowest BCUT2D eigenvalue weighted by molar-refractivity contribution is -0.0173. The predicted molar refractivity (Wildman–Crippen MR) is 123 cm³/mol. The van der Waals surface area contributed by atoms with E-state index in [2.05, 4.69) is 4.90 Å². The zero-order valence-corrected chi connectivity index (χ0v) is 18.5. The average Bonchev–Trinajstić information content (AvgIpc) is 2.77. The molecular formula is C25H23Cl2NO3. The van der Waals surface area contributed by atoms with Crippen molar-refractivity contribution in [2.24, 2.45) is 0 Å². The van der Waals surface area contributed by atoms with Gasteiger partial charge in [-0.25, -0.2) is 0 Å². The van der Waals surface area contributed by atoms with Gasteiger partial charge in [-0.15, -0.1) is 0 Å². The van der Waals surface area contributed by atoms with Gasteiger partial charge in [-0.05, 0) is 29.1 Å². The first-order valence-corrected chi connectivity index (χ1v) is 11.3. The Kier molecular flexibility index (Phi) is 5.43. The number of hydrogen-bond acceptors (Lipinski definition) is 4. The van der Waals surface area contributed by atoms with Crippen LogP contribution in [0.15, 0.2) is 54.6 Å². The summed E-state index contributed by atoms with van der Waals surface area (Å²) in [5.74, 6) is 0.870. The minimum absolute atomic E-state index is 0.149. The number of piperidine rings is 1. The van der Waals surface area contributed by atoms with Gasteiger partial charge < -0.3 is 14.7 Å². The summed E-state index contributed by atoms with van der Waals surface area (Å²) in [7, 11) is 0. The second-order valence-corrected chi connectivity index (χ2v) is 9.35. The van der Waals surface area contributed by atoms with Gasteiger partial charge in [0, 0.05) is 37.9 Å². The van der Waals surface area contributed by atoms with Crippen molar-refractivity contribution in [3.63, 3.8) is 0 Å². The summed E-state index contributed by atoms with van der Waals surface area (Å²) in [5, 5.41) is 13.6. The molecule has 2 aliphatic rings. The number of β-amino-alcohol motifs (C(OH)–C–C–N with tert-alkyl or cyclic N) is 1. The van der Waals surface area contributed by atoms with Crippen LogP contribution in [0.5, 0.6) is 5.75 Å². The van der Waals surface area contributed by atoms with Crippen molar-refractivity contribution >= 4 is 39.8 Å². The molecule has 3 aromatic rings. The lowest BCUT2D eigenvalue weighted by Crippen LogP contribution is -2.51. The van der Waals surface area contributed by atoms with E-state index in [-0.39, 0.29) is 5.78 Å². The van der Waals surface area contributed by atoms with E-state index in [9.17, 15) is 9.90 Å². The minimum Gasteiger partial charge on any atom is -0.485 e. The van der Waals surface area contributed by atoms with Gasteiger partial charge >= 0.3 is 0 Å². The number of aliphatic hydroxyl groups excluding tert-OH is 1. The molecule has 160 valence electrons. The third-order valence-electron chi connectivity index (χ3n) is 6.51. The highest BCUT2D eigenvalue weighted by atomic mass is 35.5. The number of benzene rings is 3. The summed E-state index contributed by atoms with van der Waals surface area (Å²) in [4.78, 5) is 15.2. The lowest BCUT2D eigenvalue weighted by atomic mass is 9.81. The Bertz CT molecular complexity index is 1150. The van der Waals surface area contributed by atoms with Gasteiger partial charge in [0.1, 0.15) is 11.4 Å². The van der Waals surface area contributed by atoms with Gasteiger partial charge in [0.05, 0.1) is 28.1 Å². The molecule has 2 heterocycles. The zero-order chi connectivity index (χ0) is 21.6. The topological polar surface area (TPSA) is 49.8 Å². The average molecular weight is 456 g/mol. The van der Waals surface area contributed by atoms with Gasteiger partial charge in [0.25, 0.3) is 0 Å². The number of hydrogen-bond donors (Lipinski definition) is 1. The van der Waals surface area contributed by atoms with E-state index in [4.69, 9.17) is 27.9 Å². The van der Waals surface area contributed by atoms with Crippen LogP contribution in [-0.2, 0) is 0 Å². The highest BCUT2D eigenvalue weighted by molar-refractivity contribution is 6.42. The van der Waals surface area contributed by atoms with Crippen LogP contribution in [0.2, 0.25) is 10.0 Å². The molecule has 5 rings (SSSR count). The molecule has 0 aliphatic carbocycles. The summed E-state index contributed by atoms with van der Waals surface area (Å²) in [6, 6.07) is 17.1. The van der Waals surface area contributed by atoms with E-state index in [1.54, 1.807) is 18.2 Å². The number of fused-ring (bicyclic) bond motifs is 3. The molecule has 1 fully saturated rings. The Balaban J connectivity index is 1.30. The maximum Gasteiger partial charge on any atom is 0.170 e. The number of nitrogens with zero attached hydrogens (tertiary/aromatic N) is 1. The molecule has 6 heteroatoms. The van der Waals surface area contributed by atoms with Crippen LogP contribution in [0.4, 0.5) is 0 Å². The fourth-order valence-corrected chi connectivity index (χ4v) is 5.01. The van der Waals surface area contributed by atoms with Gasteiger partial charge in [0.2, 0.25) is 0 Å².